The Labute approximate surface area is 180 Å². The molecular formula is C24H24N6O. The van der Waals surface area contributed by atoms with Crippen LogP contribution in [-0.4, -0.2) is 22.2 Å². The topological polar surface area (TPSA) is 102 Å². The van der Waals surface area contributed by atoms with Gasteiger partial charge in [-0.3, -0.25) is 4.99 Å². The lowest BCUT2D eigenvalue weighted by Crippen LogP contribution is -2.10. The van der Waals surface area contributed by atoms with Crippen LogP contribution in [0, 0.1) is 0 Å². The average Bonchev–Trinajstić information content (AvgIpc) is 3.07. The number of nitrogens with zero attached hydrogens (tertiary/aromatic N) is 4. The quantitative estimate of drug-likeness (QED) is 0.468. The third kappa shape index (κ3) is 4.45. The summed E-state index contributed by atoms with van der Waals surface area (Å²) in [6.45, 7) is 5.00. The number of hydrogen-bond acceptors (Lipinski definition) is 7. The Kier molecular flexibility index (Phi) is 6.03. The first-order chi connectivity index (χ1) is 15.2. The van der Waals surface area contributed by atoms with Crippen LogP contribution < -0.4 is 16.7 Å². The summed E-state index contributed by atoms with van der Waals surface area (Å²) in [6.07, 6.45) is 9.39. The monoisotopic (exact) mass is 412 g/mol. The molecule has 0 saturated carbocycles. The van der Waals surface area contributed by atoms with Crippen LogP contribution >= 0.6 is 0 Å². The molecular weight excluding hydrogens is 388 g/mol. The maximum atomic E-state index is 5.57. The third-order valence-corrected chi connectivity index (χ3v) is 5.23. The number of aliphatic imine (C=N–C) groups is 1. The normalized spacial score (nSPS) is 15.5. The largest absolute Gasteiger partial charge is 0.445 e. The molecule has 1 aliphatic heterocycles. The summed E-state index contributed by atoms with van der Waals surface area (Å²) < 4.78 is 5.50. The van der Waals surface area contributed by atoms with E-state index >= 15 is 0 Å². The minimum Gasteiger partial charge on any atom is -0.445 e. The number of anilines is 1. The van der Waals surface area contributed by atoms with E-state index in [0.717, 1.165) is 52.3 Å². The fraction of sp³-hybridized carbons (Fsp3) is 0.167. The molecule has 2 aromatic heterocycles. The van der Waals surface area contributed by atoms with Crippen LogP contribution in [0.5, 0.6) is 0 Å². The van der Waals surface area contributed by atoms with E-state index in [1.54, 1.807) is 18.7 Å². The van der Waals surface area contributed by atoms with Gasteiger partial charge in [-0.15, -0.1) is 5.10 Å². The second-order valence-electron chi connectivity index (χ2n) is 7.19. The first-order valence-electron chi connectivity index (χ1n) is 10.0. The van der Waals surface area contributed by atoms with Crippen LogP contribution in [0.2, 0.25) is 0 Å². The van der Waals surface area contributed by atoms with Crippen LogP contribution in [0.25, 0.3) is 17.2 Å². The van der Waals surface area contributed by atoms with Gasteiger partial charge in [0, 0.05) is 35.9 Å². The second-order valence-corrected chi connectivity index (χ2v) is 7.19. The molecule has 31 heavy (non-hydrogen) atoms. The van der Waals surface area contributed by atoms with Crippen molar-refractivity contribution in [2.24, 2.45) is 15.9 Å². The van der Waals surface area contributed by atoms with Crippen molar-refractivity contribution in [1.82, 2.24) is 9.97 Å². The molecule has 0 radical (unpaired) electrons. The minimum absolute atomic E-state index is 0.316. The fourth-order valence-corrected chi connectivity index (χ4v) is 3.67. The second kappa shape index (κ2) is 9.21. The Morgan fingerprint density at radius 3 is 2.61 bits per heavy atom. The maximum Gasteiger partial charge on any atom is 0.243 e. The fourth-order valence-electron chi connectivity index (χ4n) is 3.67. The van der Waals surface area contributed by atoms with Crippen molar-refractivity contribution in [3.63, 3.8) is 0 Å². The van der Waals surface area contributed by atoms with Crippen molar-refractivity contribution in [3.8, 4) is 11.1 Å². The predicted molar refractivity (Wildman–Crippen MR) is 123 cm³/mol. The summed E-state index contributed by atoms with van der Waals surface area (Å²) in [5.74, 6) is 5.57. The molecule has 0 spiro atoms. The average molecular weight is 412 g/mol. The summed E-state index contributed by atoms with van der Waals surface area (Å²) in [6, 6.07) is 12.1. The van der Waals surface area contributed by atoms with Gasteiger partial charge in [-0.05, 0) is 61.3 Å². The standard InChI is InChI=1S/C24H24N6O/c1-16-21(8-10-28-20-6-4-3-5-7-20)17(2)29-22(16)12-18-9-11-31-24(30-25)23(18)19-13-26-15-27-14-19/h3-7,9,11-15,28H,8,10,25H2,1-2H3. The molecule has 0 saturated heterocycles. The van der Waals surface area contributed by atoms with Crippen molar-refractivity contribution < 1.29 is 4.42 Å². The van der Waals surface area contributed by atoms with Crippen molar-refractivity contribution in [2.45, 2.75) is 20.3 Å². The van der Waals surface area contributed by atoms with E-state index in [-0.39, 0.29) is 0 Å². The number of para-hydroxylation sites is 1. The minimum atomic E-state index is 0.316. The van der Waals surface area contributed by atoms with Crippen molar-refractivity contribution in [1.29, 1.82) is 0 Å². The van der Waals surface area contributed by atoms with Gasteiger partial charge in [0.2, 0.25) is 5.55 Å². The van der Waals surface area contributed by atoms with Crippen molar-refractivity contribution >= 4 is 17.5 Å². The first-order valence-corrected chi connectivity index (χ1v) is 10.0. The number of benzene rings is 1. The molecule has 3 aromatic rings. The predicted octanol–water partition coefficient (Wildman–Crippen LogP) is 4.15. The summed E-state index contributed by atoms with van der Waals surface area (Å²) >= 11 is 0. The van der Waals surface area contributed by atoms with E-state index in [4.69, 9.17) is 15.3 Å². The number of allylic oxidation sites excluding steroid dienone is 1. The van der Waals surface area contributed by atoms with Gasteiger partial charge in [-0.1, -0.05) is 18.2 Å². The molecule has 7 nitrogen and oxygen atoms in total. The van der Waals surface area contributed by atoms with Crippen molar-refractivity contribution in [3.05, 3.63) is 89.3 Å². The van der Waals surface area contributed by atoms with Crippen LogP contribution in [-0.2, 0) is 0 Å². The number of hydrogen-bond donors (Lipinski definition) is 2. The molecule has 1 aromatic carbocycles. The van der Waals surface area contributed by atoms with Gasteiger partial charge in [0.15, 0.2) is 0 Å². The van der Waals surface area contributed by atoms with Crippen molar-refractivity contribution in [2.75, 3.05) is 11.9 Å². The zero-order valence-corrected chi connectivity index (χ0v) is 17.5. The van der Waals surface area contributed by atoms with E-state index in [1.807, 2.05) is 30.3 Å². The van der Waals surface area contributed by atoms with E-state index in [2.05, 4.69) is 46.4 Å². The summed E-state index contributed by atoms with van der Waals surface area (Å²) in [5, 5.41) is 7.25. The van der Waals surface area contributed by atoms with Gasteiger partial charge < -0.3 is 15.6 Å². The Morgan fingerprint density at radius 1 is 1.10 bits per heavy atom. The molecule has 0 bridgehead atoms. The number of aromatic nitrogens is 2. The Hall–Kier alpha value is -4.00. The smallest absolute Gasteiger partial charge is 0.243 e. The molecule has 3 N–H and O–H groups in total. The number of nitrogens with two attached hydrogens (primary N) is 1. The van der Waals surface area contributed by atoms with E-state index < -0.39 is 0 Å². The van der Waals surface area contributed by atoms with Gasteiger partial charge in [0.05, 0.1) is 17.5 Å². The van der Waals surface area contributed by atoms with Crippen LogP contribution in [0.4, 0.5) is 5.69 Å². The van der Waals surface area contributed by atoms with Gasteiger partial charge in [-0.25, -0.2) is 9.97 Å². The van der Waals surface area contributed by atoms with Gasteiger partial charge in [0.25, 0.3) is 0 Å². The van der Waals surface area contributed by atoms with Crippen LogP contribution in [0.1, 0.15) is 25.8 Å². The highest BCUT2D eigenvalue weighted by Crippen LogP contribution is 2.30. The third-order valence-electron chi connectivity index (χ3n) is 5.23. The maximum absolute atomic E-state index is 5.57. The van der Waals surface area contributed by atoms with Gasteiger partial charge in [-0.2, -0.15) is 0 Å². The lowest BCUT2D eigenvalue weighted by Gasteiger charge is -2.08. The molecule has 0 aliphatic carbocycles. The SMILES string of the molecule is CC1=NC(=Cc2ccoc(=NN)c2-c2cncnc2)C(C)=C1CCNc1ccccc1. The van der Waals surface area contributed by atoms with Gasteiger partial charge >= 0.3 is 0 Å². The molecule has 0 amide bonds. The Balaban J connectivity index is 1.64. The molecule has 3 heterocycles. The number of rotatable bonds is 6. The Morgan fingerprint density at radius 2 is 1.87 bits per heavy atom. The molecule has 0 fully saturated rings. The molecule has 7 heteroatoms. The molecule has 1 aliphatic rings. The lowest BCUT2D eigenvalue weighted by molar-refractivity contribution is 0.492. The van der Waals surface area contributed by atoms with E-state index in [9.17, 15) is 0 Å². The summed E-state index contributed by atoms with van der Waals surface area (Å²) in [5.41, 5.74) is 8.19. The highest BCUT2D eigenvalue weighted by atomic mass is 16.3. The number of nitrogens with one attached hydrogen (secondary N) is 1. The zero-order valence-electron chi connectivity index (χ0n) is 17.5. The highest BCUT2D eigenvalue weighted by Gasteiger charge is 2.18. The molecule has 156 valence electrons. The first kappa shape index (κ1) is 20.3. The molecule has 4 rings (SSSR count). The Bertz CT molecular complexity index is 1220. The lowest BCUT2D eigenvalue weighted by atomic mass is 10.00. The van der Waals surface area contributed by atoms with Crippen LogP contribution in [0.15, 0.2) is 92.7 Å². The van der Waals surface area contributed by atoms with E-state index in [1.165, 1.54) is 11.9 Å². The highest BCUT2D eigenvalue weighted by molar-refractivity contribution is 6.04. The zero-order chi connectivity index (χ0) is 21.6. The van der Waals surface area contributed by atoms with E-state index in [0.29, 0.717) is 5.55 Å². The summed E-state index contributed by atoms with van der Waals surface area (Å²) in [4.78, 5) is 13.0. The van der Waals surface area contributed by atoms with Crippen LogP contribution in [0.3, 0.4) is 0 Å². The molecule has 0 atom stereocenters. The van der Waals surface area contributed by atoms with Gasteiger partial charge in [0.1, 0.15) is 6.33 Å². The summed E-state index contributed by atoms with van der Waals surface area (Å²) in [7, 11) is 0. The molecule has 0 unspecified atom stereocenters.